The summed E-state index contributed by atoms with van der Waals surface area (Å²) < 4.78 is 0. The highest BCUT2D eigenvalue weighted by molar-refractivity contribution is 5.97. The van der Waals surface area contributed by atoms with Gasteiger partial charge < -0.3 is 0 Å². The lowest BCUT2D eigenvalue weighted by Crippen LogP contribution is -2.12. The van der Waals surface area contributed by atoms with E-state index in [4.69, 9.17) is 0 Å². The number of rotatable bonds is 10. The molecular weight excluding hydrogens is 280 g/mol. The summed E-state index contributed by atoms with van der Waals surface area (Å²) in [6.45, 7) is 13.2. The fourth-order valence-electron chi connectivity index (χ4n) is 3.30. The maximum Gasteiger partial charge on any atom is 0.165 e. The fraction of sp³-hybridized carbons (Fsp3) is 0.682. The van der Waals surface area contributed by atoms with Crippen molar-refractivity contribution < 1.29 is 4.79 Å². The predicted molar refractivity (Wildman–Crippen MR) is 101 cm³/mol. The van der Waals surface area contributed by atoms with Crippen LogP contribution in [0.25, 0.3) is 0 Å². The first-order valence-electron chi connectivity index (χ1n) is 9.51. The molecule has 130 valence electrons. The Hall–Kier alpha value is -1.11. The van der Waals surface area contributed by atoms with Gasteiger partial charge in [-0.25, -0.2) is 0 Å². The normalized spacial score (nSPS) is 14.0. The molecule has 0 fully saturated rings. The van der Waals surface area contributed by atoms with E-state index >= 15 is 0 Å². The largest absolute Gasteiger partial charge is 0.294 e. The maximum absolute atomic E-state index is 12.7. The molecule has 0 aliphatic rings. The third kappa shape index (κ3) is 6.49. The summed E-state index contributed by atoms with van der Waals surface area (Å²) in [5.74, 6) is 1.71. The molecule has 23 heavy (non-hydrogen) atoms. The summed E-state index contributed by atoms with van der Waals surface area (Å²) in [6, 6.07) is 6.22. The van der Waals surface area contributed by atoms with Gasteiger partial charge in [-0.1, -0.05) is 78.9 Å². The Kier molecular flexibility index (Phi) is 8.58. The molecule has 0 aromatic heterocycles. The lowest BCUT2D eigenvalue weighted by atomic mass is 9.88. The van der Waals surface area contributed by atoms with E-state index in [2.05, 4.69) is 53.7 Å². The predicted octanol–water partition coefficient (Wildman–Crippen LogP) is 6.93. The smallest absolute Gasteiger partial charge is 0.165 e. The van der Waals surface area contributed by atoms with Crippen molar-refractivity contribution in [1.29, 1.82) is 0 Å². The molecular formula is C22H36O. The highest BCUT2D eigenvalue weighted by Crippen LogP contribution is 2.24. The zero-order chi connectivity index (χ0) is 17.4. The van der Waals surface area contributed by atoms with E-state index in [0.29, 0.717) is 11.7 Å². The Bertz CT molecular complexity index is 487. The molecule has 1 nitrogen and oxygen atoms in total. The molecule has 2 atom stereocenters. The Labute approximate surface area is 143 Å². The van der Waals surface area contributed by atoms with Crippen molar-refractivity contribution in [2.45, 2.75) is 86.0 Å². The maximum atomic E-state index is 12.7. The molecule has 1 rings (SSSR count). The number of hydrogen-bond acceptors (Lipinski definition) is 1. The van der Waals surface area contributed by atoms with Crippen molar-refractivity contribution in [1.82, 2.24) is 0 Å². The van der Waals surface area contributed by atoms with E-state index in [0.717, 1.165) is 17.9 Å². The highest BCUT2D eigenvalue weighted by atomic mass is 16.1. The summed E-state index contributed by atoms with van der Waals surface area (Å²) in [4.78, 5) is 12.7. The summed E-state index contributed by atoms with van der Waals surface area (Å²) in [5.41, 5.74) is 3.48. The molecule has 1 aromatic carbocycles. The minimum absolute atomic E-state index is 0.135. The molecule has 0 amide bonds. The van der Waals surface area contributed by atoms with Gasteiger partial charge in [0.1, 0.15) is 0 Å². The number of ketones is 1. The Morgan fingerprint density at radius 1 is 1.00 bits per heavy atom. The van der Waals surface area contributed by atoms with E-state index in [1.165, 1.54) is 43.2 Å². The molecule has 0 saturated carbocycles. The summed E-state index contributed by atoms with van der Waals surface area (Å²) >= 11 is 0. The van der Waals surface area contributed by atoms with Gasteiger partial charge in [-0.15, -0.1) is 0 Å². The van der Waals surface area contributed by atoms with Crippen LogP contribution in [0.2, 0.25) is 0 Å². The minimum atomic E-state index is 0.135. The van der Waals surface area contributed by atoms with Crippen molar-refractivity contribution >= 4 is 5.78 Å². The van der Waals surface area contributed by atoms with Crippen LogP contribution in [0.3, 0.4) is 0 Å². The average molecular weight is 317 g/mol. The summed E-state index contributed by atoms with van der Waals surface area (Å²) in [5, 5.41) is 0. The SMILES string of the molecule is CCCCC(C)CCCC(C)C(=O)c1ccc(C)c(C(C)C)c1. The standard InChI is InChI=1S/C22H36O/c1-7-8-10-17(4)11-9-12-19(6)22(23)20-14-13-18(5)21(15-20)16(2)3/h13-17,19H,7-12H2,1-6H3. The quantitative estimate of drug-likeness (QED) is 0.427. The van der Waals surface area contributed by atoms with Crippen LogP contribution in [0.5, 0.6) is 0 Å². The van der Waals surface area contributed by atoms with Crippen LogP contribution in [-0.2, 0) is 0 Å². The first-order chi connectivity index (χ1) is 10.9. The van der Waals surface area contributed by atoms with Crippen LogP contribution in [0.4, 0.5) is 0 Å². The first-order valence-corrected chi connectivity index (χ1v) is 9.51. The van der Waals surface area contributed by atoms with Crippen molar-refractivity contribution in [2.75, 3.05) is 0 Å². The molecule has 0 aliphatic heterocycles. The van der Waals surface area contributed by atoms with Gasteiger partial charge in [-0.05, 0) is 42.4 Å². The molecule has 1 heteroatoms. The minimum Gasteiger partial charge on any atom is -0.294 e. The monoisotopic (exact) mass is 316 g/mol. The molecule has 0 N–H and O–H groups in total. The number of benzene rings is 1. The van der Waals surface area contributed by atoms with Crippen LogP contribution in [0, 0.1) is 18.8 Å². The van der Waals surface area contributed by atoms with Gasteiger partial charge in [0.15, 0.2) is 5.78 Å². The third-order valence-corrected chi connectivity index (χ3v) is 5.02. The van der Waals surface area contributed by atoms with Crippen LogP contribution in [-0.4, -0.2) is 5.78 Å². The van der Waals surface area contributed by atoms with Crippen molar-refractivity contribution in [3.63, 3.8) is 0 Å². The van der Waals surface area contributed by atoms with E-state index in [1.807, 2.05) is 6.07 Å². The number of carbonyl (C=O) groups is 1. The Morgan fingerprint density at radius 2 is 1.65 bits per heavy atom. The Balaban J connectivity index is 2.55. The highest BCUT2D eigenvalue weighted by Gasteiger charge is 2.17. The number of hydrogen-bond donors (Lipinski definition) is 0. The third-order valence-electron chi connectivity index (χ3n) is 5.02. The lowest BCUT2D eigenvalue weighted by molar-refractivity contribution is 0.0921. The second-order valence-electron chi connectivity index (χ2n) is 7.67. The molecule has 0 radical (unpaired) electrons. The van der Waals surface area contributed by atoms with Gasteiger partial charge in [0.25, 0.3) is 0 Å². The molecule has 2 unspecified atom stereocenters. The van der Waals surface area contributed by atoms with E-state index in [1.54, 1.807) is 0 Å². The second-order valence-corrected chi connectivity index (χ2v) is 7.67. The molecule has 0 spiro atoms. The number of Topliss-reactive ketones (excluding diaryl/α,β-unsaturated/α-hetero) is 1. The van der Waals surface area contributed by atoms with E-state index < -0.39 is 0 Å². The van der Waals surface area contributed by atoms with Gasteiger partial charge in [-0.2, -0.15) is 0 Å². The number of aryl methyl sites for hydroxylation is 1. The van der Waals surface area contributed by atoms with Crippen LogP contribution < -0.4 is 0 Å². The van der Waals surface area contributed by atoms with Crippen LogP contribution in [0.15, 0.2) is 18.2 Å². The zero-order valence-corrected chi connectivity index (χ0v) is 16.1. The second kappa shape index (κ2) is 9.90. The Morgan fingerprint density at radius 3 is 2.26 bits per heavy atom. The van der Waals surface area contributed by atoms with Crippen LogP contribution >= 0.6 is 0 Å². The van der Waals surface area contributed by atoms with Gasteiger partial charge in [0.05, 0.1) is 0 Å². The average Bonchev–Trinajstić information content (AvgIpc) is 2.52. The summed E-state index contributed by atoms with van der Waals surface area (Å²) in [6.07, 6.45) is 7.38. The van der Waals surface area contributed by atoms with Crippen LogP contribution in [0.1, 0.15) is 101 Å². The van der Waals surface area contributed by atoms with Gasteiger partial charge >= 0.3 is 0 Å². The molecule has 0 bridgehead atoms. The topological polar surface area (TPSA) is 17.1 Å². The van der Waals surface area contributed by atoms with Crippen molar-refractivity contribution in [3.05, 3.63) is 34.9 Å². The number of unbranched alkanes of at least 4 members (excludes halogenated alkanes) is 1. The lowest BCUT2D eigenvalue weighted by Gasteiger charge is -2.16. The first kappa shape index (κ1) is 19.9. The molecule has 0 saturated heterocycles. The zero-order valence-electron chi connectivity index (χ0n) is 16.1. The molecule has 0 aliphatic carbocycles. The van der Waals surface area contributed by atoms with Crippen molar-refractivity contribution in [3.8, 4) is 0 Å². The summed E-state index contributed by atoms with van der Waals surface area (Å²) in [7, 11) is 0. The molecule has 1 aromatic rings. The number of carbonyl (C=O) groups excluding carboxylic acids is 1. The van der Waals surface area contributed by atoms with Crippen molar-refractivity contribution in [2.24, 2.45) is 11.8 Å². The van der Waals surface area contributed by atoms with E-state index in [-0.39, 0.29) is 5.92 Å². The fourth-order valence-corrected chi connectivity index (χ4v) is 3.30. The van der Waals surface area contributed by atoms with E-state index in [9.17, 15) is 4.79 Å². The van der Waals surface area contributed by atoms with Gasteiger partial charge in [0, 0.05) is 11.5 Å². The van der Waals surface area contributed by atoms with Gasteiger partial charge in [0.2, 0.25) is 0 Å². The molecule has 0 heterocycles. The van der Waals surface area contributed by atoms with Gasteiger partial charge in [-0.3, -0.25) is 4.79 Å².